The summed E-state index contributed by atoms with van der Waals surface area (Å²) in [6, 6.07) is 5.32. The Balaban J connectivity index is 2.57. The Labute approximate surface area is 147 Å². The van der Waals surface area contributed by atoms with Gasteiger partial charge in [-0.15, -0.1) is 0 Å². The van der Waals surface area contributed by atoms with Crippen LogP contribution in [0.25, 0.3) is 11.1 Å². The average molecular weight is 344 g/mol. The minimum absolute atomic E-state index is 0.229. The summed E-state index contributed by atoms with van der Waals surface area (Å²) in [6.07, 6.45) is 2.92. The van der Waals surface area contributed by atoms with Gasteiger partial charge in [-0.05, 0) is 30.0 Å². The van der Waals surface area contributed by atoms with E-state index in [1.165, 1.54) is 12.3 Å². The van der Waals surface area contributed by atoms with E-state index in [2.05, 4.69) is 4.98 Å². The fraction of sp³-hybridized carbons (Fsp3) is 0.333. The molecule has 0 atom stereocenters. The first-order valence-electron chi connectivity index (χ1n) is 7.93. The van der Waals surface area contributed by atoms with Crippen molar-refractivity contribution in [2.45, 2.75) is 12.8 Å². The minimum atomic E-state index is -0.578. The maximum atomic E-state index is 11.8. The molecule has 2 aromatic rings. The molecule has 1 heterocycles. The number of benzene rings is 1. The fourth-order valence-electron chi connectivity index (χ4n) is 2.78. The number of anilines is 2. The van der Waals surface area contributed by atoms with Crippen LogP contribution in [0.5, 0.6) is 0 Å². The Bertz CT molecular complexity index is 762. The summed E-state index contributed by atoms with van der Waals surface area (Å²) in [6.45, 7) is 1.13. The Hall–Kier alpha value is -2.64. The molecule has 1 aromatic carbocycles. The Morgan fingerprint density at radius 2 is 1.76 bits per heavy atom. The smallest absolute Gasteiger partial charge is 0.249 e. The molecule has 0 aliphatic heterocycles. The number of nitrogen functional groups attached to an aromatic ring is 2. The van der Waals surface area contributed by atoms with Gasteiger partial charge in [0.25, 0.3) is 0 Å². The molecule has 7 nitrogen and oxygen atoms in total. The van der Waals surface area contributed by atoms with Crippen molar-refractivity contribution in [2.24, 2.45) is 5.73 Å². The van der Waals surface area contributed by atoms with Gasteiger partial charge in [0.15, 0.2) is 0 Å². The molecule has 0 spiro atoms. The molecular weight excluding hydrogens is 320 g/mol. The molecule has 0 fully saturated rings. The number of hydrogen-bond donors (Lipinski definition) is 3. The molecule has 7 heteroatoms. The fourth-order valence-corrected chi connectivity index (χ4v) is 2.78. The van der Waals surface area contributed by atoms with Crippen molar-refractivity contribution in [3.63, 3.8) is 0 Å². The zero-order valence-corrected chi connectivity index (χ0v) is 14.5. The molecule has 0 saturated carbocycles. The number of amides is 1. The second-order valence-electron chi connectivity index (χ2n) is 5.67. The van der Waals surface area contributed by atoms with Gasteiger partial charge in [0.05, 0.1) is 18.8 Å². The van der Waals surface area contributed by atoms with Gasteiger partial charge in [-0.2, -0.15) is 0 Å². The third-order valence-corrected chi connectivity index (χ3v) is 4.07. The van der Waals surface area contributed by atoms with E-state index in [-0.39, 0.29) is 5.82 Å². The van der Waals surface area contributed by atoms with Crippen LogP contribution in [0.4, 0.5) is 11.5 Å². The Morgan fingerprint density at radius 3 is 2.40 bits per heavy atom. The number of primary amides is 1. The molecule has 1 amide bonds. The van der Waals surface area contributed by atoms with E-state index in [0.29, 0.717) is 42.0 Å². The van der Waals surface area contributed by atoms with Crippen molar-refractivity contribution < 1.29 is 14.3 Å². The number of hydrogen-bond acceptors (Lipinski definition) is 6. The van der Waals surface area contributed by atoms with E-state index in [0.717, 1.165) is 17.5 Å². The predicted molar refractivity (Wildman–Crippen MR) is 98.2 cm³/mol. The summed E-state index contributed by atoms with van der Waals surface area (Å²) in [5.74, 6) is -0.349. The number of ether oxygens (including phenoxy) is 2. The van der Waals surface area contributed by atoms with Crippen LogP contribution in [0.15, 0.2) is 24.4 Å². The molecular formula is C18H24N4O3. The minimum Gasteiger partial charge on any atom is -0.398 e. The van der Waals surface area contributed by atoms with Crippen molar-refractivity contribution >= 4 is 17.4 Å². The van der Waals surface area contributed by atoms with E-state index < -0.39 is 5.91 Å². The number of nitrogens with two attached hydrogens (primary N) is 3. The number of aromatic nitrogens is 1. The second-order valence-corrected chi connectivity index (χ2v) is 5.67. The highest BCUT2D eigenvalue weighted by Crippen LogP contribution is 2.33. The van der Waals surface area contributed by atoms with Crippen LogP contribution in [0.1, 0.15) is 21.5 Å². The van der Waals surface area contributed by atoms with Crippen LogP contribution >= 0.6 is 0 Å². The topological polar surface area (TPSA) is 126 Å². The average Bonchev–Trinajstić information content (AvgIpc) is 2.59. The van der Waals surface area contributed by atoms with Gasteiger partial charge < -0.3 is 26.7 Å². The standard InChI is InChI=1S/C18H24N4O3/c1-24-7-5-11-3-4-13(17(20)12(11)6-8-25-2)15-10-22-16(19)9-14(15)18(21)23/h3-4,9-10H,5-8,20H2,1-2H3,(H2,19,22)(H2,21,23). The zero-order chi connectivity index (χ0) is 18.4. The summed E-state index contributed by atoms with van der Waals surface area (Å²) < 4.78 is 10.4. The molecule has 6 N–H and O–H groups in total. The van der Waals surface area contributed by atoms with Crippen LogP contribution in [0.2, 0.25) is 0 Å². The van der Waals surface area contributed by atoms with Crippen LogP contribution in [0.3, 0.4) is 0 Å². The molecule has 0 unspecified atom stereocenters. The van der Waals surface area contributed by atoms with Crippen LogP contribution in [-0.4, -0.2) is 38.3 Å². The van der Waals surface area contributed by atoms with E-state index in [1.807, 2.05) is 12.1 Å². The molecule has 0 bridgehead atoms. The summed E-state index contributed by atoms with van der Waals surface area (Å²) >= 11 is 0. The van der Waals surface area contributed by atoms with Crippen molar-refractivity contribution in [2.75, 3.05) is 38.9 Å². The van der Waals surface area contributed by atoms with Crippen LogP contribution in [0, 0.1) is 0 Å². The van der Waals surface area contributed by atoms with E-state index >= 15 is 0 Å². The zero-order valence-electron chi connectivity index (χ0n) is 14.5. The van der Waals surface area contributed by atoms with Crippen molar-refractivity contribution in [3.8, 4) is 11.1 Å². The third kappa shape index (κ3) is 4.26. The molecule has 0 aliphatic carbocycles. The molecule has 0 saturated heterocycles. The maximum absolute atomic E-state index is 11.8. The lowest BCUT2D eigenvalue weighted by molar-refractivity contribution is 0.100. The van der Waals surface area contributed by atoms with Gasteiger partial charge in [-0.3, -0.25) is 4.79 Å². The van der Waals surface area contributed by atoms with Gasteiger partial charge >= 0.3 is 0 Å². The van der Waals surface area contributed by atoms with Crippen molar-refractivity contribution in [3.05, 3.63) is 41.1 Å². The lowest BCUT2D eigenvalue weighted by Gasteiger charge is -2.17. The number of rotatable bonds is 8. The molecule has 0 radical (unpaired) electrons. The summed E-state index contributed by atoms with van der Waals surface area (Å²) in [5, 5.41) is 0. The molecule has 2 rings (SSSR count). The lowest BCUT2D eigenvalue weighted by atomic mass is 9.92. The van der Waals surface area contributed by atoms with Gasteiger partial charge in [0, 0.05) is 37.2 Å². The predicted octanol–water partition coefficient (Wildman–Crippen LogP) is 1.39. The quantitative estimate of drug-likeness (QED) is 0.621. The monoisotopic (exact) mass is 344 g/mol. The molecule has 1 aromatic heterocycles. The normalized spacial score (nSPS) is 10.8. The highest BCUT2D eigenvalue weighted by molar-refractivity contribution is 6.02. The first-order valence-corrected chi connectivity index (χ1v) is 7.93. The van der Waals surface area contributed by atoms with Crippen LogP contribution in [-0.2, 0) is 22.3 Å². The molecule has 134 valence electrons. The maximum Gasteiger partial charge on any atom is 0.249 e. The third-order valence-electron chi connectivity index (χ3n) is 4.07. The summed E-state index contributed by atoms with van der Waals surface area (Å²) in [4.78, 5) is 15.9. The van der Waals surface area contributed by atoms with Gasteiger partial charge in [-0.25, -0.2) is 4.98 Å². The first-order chi connectivity index (χ1) is 12.0. The Morgan fingerprint density at radius 1 is 1.08 bits per heavy atom. The highest BCUT2D eigenvalue weighted by atomic mass is 16.5. The highest BCUT2D eigenvalue weighted by Gasteiger charge is 2.17. The number of methoxy groups -OCH3 is 2. The molecule has 0 aliphatic rings. The molecule has 25 heavy (non-hydrogen) atoms. The largest absolute Gasteiger partial charge is 0.398 e. The number of carbonyl (C=O) groups excluding carboxylic acids is 1. The Kier molecular flexibility index (Phi) is 6.32. The lowest BCUT2D eigenvalue weighted by Crippen LogP contribution is -2.14. The summed E-state index contributed by atoms with van der Waals surface area (Å²) in [7, 11) is 3.30. The van der Waals surface area contributed by atoms with Gasteiger partial charge in [0.1, 0.15) is 5.82 Å². The van der Waals surface area contributed by atoms with Gasteiger partial charge in [0.2, 0.25) is 5.91 Å². The van der Waals surface area contributed by atoms with Crippen molar-refractivity contribution in [1.82, 2.24) is 4.98 Å². The van der Waals surface area contributed by atoms with Gasteiger partial charge in [-0.1, -0.05) is 12.1 Å². The van der Waals surface area contributed by atoms with E-state index in [9.17, 15) is 4.79 Å². The number of carbonyl (C=O) groups is 1. The first kappa shape index (κ1) is 18.7. The number of pyridine rings is 1. The van der Waals surface area contributed by atoms with E-state index in [1.54, 1.807) is 14.2 Å². The van der Waals surface area contributed by atoms with E-state index in [4.69, 9.17) is 26.7 Å². The van der Waals surface area contributed by atoms with Crippen molar-refractivity contribution in [1.29, 1.82) is 0 Å². The number of nitrogens with zero attached hydrogens (tertiary/aromatic N) is 1. The van der Waals surface area contributed by atoms with Crippen LogP contribution < -0.4 is 17.2 Å². The summed E-state index contributed by atoms with van der Waals surface area (Å²) in [5.41, 5.74) is 21.8. The SMILES string of the molecule is COCCc1ccc(-c2cnc(N)cc2C(N)=O)c(N)c1CCOC. The second kappa shape index (κ2) is 8.46.